The Morgan fingerprint density at radius 3 is 2.76 bits per heavy atom. The van der Waals surface area contributed by atoms with E-state index >= 15 is 0 Å². The molecule has 1 aromatic carbocycles. The molecule has 1 aliphatic carbocycles. The van der Waals surface area contributed by atoms with Gasteiger partial charge in [-0.15, -0.1) is 0 Å². The lowest BCUT2D eigenvalue weighted by Gasteiger charge is -2.20. The Hall–Kier alpha value is -0.0800. The molecule has 0 amide bonds. The number of hydrogen-bond acceptors (Lipinski definition) is 0. The van der Waals surface area contributed by atoms with E-state index in [-0.39, 0.29) is 10.8 Å². The van der Waals surface area contributed by atoms with Crippen LogP contribution in [0.15, 0.2) is 18.2 Å². The van der Waals surface area contributed by atoms with Gasteiger partial charge in [0.15, 0.2) is 0 Å². The summed E-state index contributed by atoms with van der Waals surface area (Å²) in [6.45, 7) is 0. The first-order valence-electron chi connectivity index (χ1n) is 6.25. The maximum absolute atomic E-state index is 13.1. The van der Waals surface area contributed by atoms with Gasteiger partial charge in [0.25, 0.3) is 0 Å². The fourth-order valence-corrected chi connectivity index (χ4v) is 3.52. The van der Waals surface area contributed by atoms with Gasteiger partial charge in [0.05, 0.1) is 5.02 Å². The summed E-state index contributed by atoms with van der Waals surface area (Å²) in [7, 11) is 0. The van der Waals surface area contributed by atoms with Crippen molar-refractivity contribution in [1.29, 1.82) is 0 Å². The van der Waals surface area contributed by atoms with E-state index in [4.69, 9.17) is 11.6 Å². The zero-order valence-corrected chi connectivity index (χ0v) is 12.1. The molecular weight excluding hydrogens is 303 g/mol. The summed E-state index contributed by atoms with van der Waals surface area (Å²) in [6, 6.07) is 5.09. The number of hydrogen-bond donors (Lipinski definition) is 0. The lowest BCUT2D eigenvalue weighted by Crippen LogP contribution is -2.15. The van der Waals surface area contributed by atoms with E-state index in [9.17, 15) is 4.39 Å². The molecule has 2 atom stereocenters. The van der Waals surface area contributed by atoms with Crippen molar-refractivity contribution in [3.05, 3.63) is 34.6 Å². The maximum atomic E-state index is 13.1. The van der Waals surface area contributed by atoms with Crippen LogP contribution in [0.5, 0.6) is 0 Å². The first kappa shape index (κ1) is 13.4. The molecule has 1 saturated carbocycles. The third-order valence-corrected chi connectivity index (χ3v) is 5.04. The quantitative estimate of drug-likeness (QED) is 0.508. The lowest BCUT2D eigenvalue weighted by molar-refractivity contribution is 0.475. The molecule has 94 valence electrons. The van der Waals surface area contributed by atoms with Gasteiger partial charge >= 0.3 is 0 Å². The predicted molar refractivity (Wildman–Crippen MR) is 74.4 cm³/mol. The fourth-order valence-electron chi connectivity index (χ4n) is 2.54. The van der Waals surface area contributed by atoms with Crippen LogP contribution in [0.2, 0.25) is 5.02 Å². The summed E-state index contributed by atoms with van der Waals surface area (Å²) in [5.74, 6) is 0.325. The van der Waals surface area contributed by atoms with Crippen molar-refractivity contribution in [3.8, 4) is 0 Å². The molecule has 0 heterocycles. The second-order valence-electron chi connectivity index (χ2n) is 4.87. The van der Waals surface area contributed by atoms with Gasteiger partial charge in [0.2, 0.25) is 0 Å². The number of alkyl halides is 1. The second-order valence-corrected chi connectivity index (χ2v) is 6.45. The van der Waals surface area contributed by atoms with Gasteiger partial charge in [-0.25, -0.2) is 4.39 Å². The monoisotopic (exact) mass is 318 g/mol. The summed E-state index contributed by atoms with van der Waals surface area (Å²) in [6.07, 6.45) is 7.46. The minimum absolute atomic E-state index is 0.238. The summed E-state index contributed by atoms with van der Waals surface area (Å²) in [4.78, 5) is 0.592. The highest BCUT2D eigenvalue weighted by molar-refractivity contribution is 9.09. The first-order chi connectivity index (χ1) is 8.16. The van der Waals surface area contributed by atoms with Gasteiger partial charge in [-0.05, 0) is 42.9 Å². The number of halogens is 3. The van der Waals surface area contributed by atoms with Crippen molar-refractivity contribution >= 4 is 27.5 Å². The van der Waals surface area contributed by atoms with E-state index in [2.05, 4.69) is 15.9 Å². The topological polar surface area (TPSA) is 0 Å². The molecule has 0 radical (unpaired) electrons. The van der Waals surface area contributed by atoms with E-state index in [0.29, 0.717) is 10.7 Å². The predicted octanol–water partition coefficient (Wildman–Crippen LogP) is 5.37. The normalized spacial score (nSPS) is 25.6. The third-order valence-electron chi connectivity index (χ3n) is 3.55. The molecule has 0 nitrogen and oxygen atoms in total. The Labute approximate surface area is 116 Å². The first-order valence-corrected chi connectivity index (χ1v) is 7.54. The van der Waals surface area contributed by atoms with Crippen molar-refractivity contribution < 1.29 is 4.39 Å². The van der Waals surface area contributed by atoms with Crippen LogP contribution in [0.4, 0.5) is 4.39 Å². The van der Waals surface area contributed by atoms with Crippen LogP contribution in [-0.4, -0.2) is 4.83 Å². The van der Waals surface area contributed by atoms with Crippen LogP contribution in [0.25, 0.3) is 0 Å². The van der Waals surface area contributed by atoms with Crippen LogP contribution < -0.4 is 0 Å². The smallest absolute Gasteiger partial charge is 0.141 e. The van der Waals surface area contributed by atoms with Crippen molar-refractivity contribution in [2.24, 2.45) is 5.92 Å². The summed E-state index contributed by atoms with van der Waals surface area (Å²) in [5, 5.41) is 0.238. The molecule has 1 aliphatic rings. The summed E-state index contributed by atoms with van der Waals surface area (Å²) >= 11 is 9.60. The highest BCUT2D eigenvalue weighted by Crippen LogP contribution is 2.32. The molecule has 2 unspecified atom stereocenters. The van der Waals surface area contributed by atoms with Gasteiger partial charge in [-0.2, -0.15) is 0 Å². The Balaban J connectivity index is 2.05. The van der Waals surface area contributed by atoms with Crippen LogP contribution in [0.1, 0.15) is 37.7 Å². The van der Waals surface area contributed by atoms with Gasteiger partial charge in [0.1, 0.15) is 5.82 Å². The number of benzene rings is 1. The minimum atomic E-state index is -0.327. The molecule has 0 N–H and O–H groups in total. The minimum Gasteiger partial charge on any atom is -0.205 e. The molecule has 0 aromatic heterocycles. The standard InChI is InChI=1S/C14H17BrClF/c15-12-5-3-1-2-4-11(12)8-10-6-7-14(17)13(16)9-10/h6-7,9,11-12H,1-5,8H2. The van der Waals surface area contributed by atoms with Crippen LogP contribution in [0.3, 0.4) is 0 Å². The fraction of sp³-hybridized carbons (Fsp3) is 0.571. The van der Waals surface area contributed by atoms with Gasteiger partial charge < -0.3 is 0 Å². The molecule has 1 aromatic rings. The molecule has 1 fully saturated rings. The SMILES string of the molecule is Fc1ccc(CC2CCCCCC2Br)cc1Cl. The van der Waals surface area contributed by atoms with Crippen LogP contribution in [-0.2, 0) is 6.42 Å². The Morgan fingerprint density at radius 2 is 2.00 bits per heavy atom. The molecular formula is C14H17BrClF. The Bertz CT molecular complexity index is 380. The molecule has 0 bridgehead atoms. The highest BCUT2D eigenvalue weighted by atomic mass is 79.9. The molecule has 17 heavy (non-hydrogen) atoms. The van der Waals surface area contributed by atoms with E-state index in [1.807, 2.05) is 6.07 Å². The average molecular weight is 320 g/mol. The molecule has 2 rings (SSSR count). The van der Waals surface area contributed by atoms with Crippen molar-refractivity contribution in [3.63, 3.8) is 0 Å². The third kappa shape index (κ3) is 3.69. The van der Waals surface area contributed by atoms with Crippen LogP contribution >= 0.6 is 27.5 Å². The zero-order valence-electron chi connectivity index (χ0n) is 9.76. The number of rotatable bonds is 2. The van der Waals surface area contributed by atoms with Crippen molar-refractivity contribution in [2.45, 2.75) is 43.4 Å². The van der Waals surface area contributed by atoms with Gasteiger partial charge in [-0.1, -0.05) is 52.9 Å². The van der Waals surface area contributed by atoms with Crippen LogP contribution in [0, 0.1) is 11.7 Å². The average Bonchev–Trinajstić information content (AvgIpc) is 2.50. The van der Waals surface area contributed by atoms with E-state index in [0.717, 1.165) is 12.0 Å². The van der Waals surface area contributed by atoms with E-state index in [1.54, 1.807) is 6.07 Å². The van der Waals surface area contributed by atoms with Gasteiger partial charge in [0, 0.05) is 4.83 Å². The zero-order chi connectivity index (χ0) is 12.3. The second kappa shape index (κ2) is 6.19. The Kier molecular flexibility index (Phi) is 4.87. The van der Waals surface area contributed by atoms with Crippen molar-refractivity contribution in [1.82, 2.24) is 0 Å². The van der Waals surface area contributed by atoms with Gasteiger partial charge in [-0.3, -0.25) is 0 Å². The molecule has 0 aliphatic heterocycles. The summed E-state index contributed by atoms with van der Waals surface area (Å²) < 4.78 is 13.1. The highest BCUT2D eigenvalue weighted by Gasteiger charge is 2.21. The molecule has 0 spiro atoms. The molecule has 0 saturated heterocycles. The van der Waals surface area contributed by atoms with E-state index < -0.39 is 0 Å². The largest absolute Gasteiger partial charge is 0.205 e. The molecule has 3 heteroatoms. The van der Waals surface area contributed by atoms with Crippen molar-refractivity contribution in [2.75, 3.05) is 0 Å². The van der Waals surface area contributed by atoms with E-state index in [1.165, 1.54) is 38.2 Å². The lowest BCUT2D eigenvalue weighted by atomic mass is 9.92. The maximum Gasteiger partial charge on any atom is 0.141 e. The Morgan fingerprint density at radius 1 is 1.24 bits per heavy atom. The summed E-state index contributed by atoms with van der Waals surface area (Å²) in [5.41, 5.74) is 1.15.